The van der Waals surface area contributed by atoms with Gasteiger partial charge in [0.05, 0.1) is 18.5 Å². The van der Waals surface area contributed by atoms with E-state index >= 15 is 0 Å². The molecule has 0 spiro atoms. The summed E-state index contributed by atoms with van der Waals surface area (Å²) >= 11 is 6.35. The fourth-order valence-corrected chi connectivity index (χ4v) is 1.80. The number of aromatic hydroxyl groups is 1. The van der Waals surface area contributed by atoms with Crippen LogP contribution in [0.3, 0.4) is 0 Å². The molecule has 0 saturated carbocycles. The van der Waals surface area contributed by atoms with Crippen LogP contribution >= 0.6 is 23.6 Å². The van der Waals surface area contributed by atoms with Crippen LogP contribution in [-0.4, -0.2) is 22.9 Å². The second-order valence-corrected chi connectivity index (χ2v) is 3.71. The number of thiazole rings is 1. The van der Waals surface area contributed by atoms with Gasteiger partial charge in [0, 0.05) is 6.61 Å². The minimum atomic E-state index is 0.227. The molecule has 0 aliphatic carbocycles. The van der Waals surface area contributed by atoms with Gasteiger partial charge in [-0.3, -0.25) is 4.57 Å². The summed E-state index contributed by atoms with van der Waals surface area (Å²) in [6.45, 7) is 3.85. The molecule has 0 aliphatic rings. The third kappa shape index (κ3) is 2.30. The van der Waals surface area contributed by atoms with Gasteiger partial charge < -0.3 is 9.84 Å². The Hall–Kier alpha value is -0.390. The SMILES string of the molecule is CCOCCn1c(O)csc1=S. The maximum Gasteiger partial charge on any atom is 0.203 e. The molecule has 1 aromatic rings. The summed E-state index contributed by atoms with van der Waals surface area (Å²) in [5, 5.41) is 10.9. The molecule has 1 N–H and O–H groups in total. The molecule has 3 nitrogen and oxygen atoms in total. The van der Waals surface area contributed by atoms with E-state index in [0.717, 1.165) is 0 Å². The maximum absolute atomic E-state index is 9.28. The van der Waals surface area contributed by atoms with E-state index in [4.69, 9.17) is 17.0 Å². The maximum atomic E-state index is 9.28. The fourth-order valence-electron chi connectivity index (χ4n) is 0.830. The predicted octanol–water partition coefficient (Wildman–Crippen LogP) is 2.02. The average Bonchev–Trinajstić information content (AvgIpc) is 2.35. The summed E-state index contributed by atoms with van der Waals surface area (Å²) < 4.78 is 7.49. The van der Waals surface area contributed by atoms with E-state index in [1.54, 1.807) is 9.95 Å². The van der Waals surface area contributed by atoms with Gasteiger partial charge in [-0.25, -0.2) is 0 Å². The van der Waals surface area contributed by atoms with Crippen LogP contribution in [0.2, 0.25) is 0 Å². The molecule has 1 rings (SSSR count). The van der Waals surface area contributed by atoms with Gasteiger partial charge >= 0.3 is 0 Å². The van der Waals surface area contributed by atoms with Crippen molar-refractivity contribution in [3.63, 3.8) is 0 Å². The topological polar surface area (TPSA) is 34.4 Å². The number of ether oxygens (including phenoxy) is 1. The molecule has 0 unspecified atom stereocenters. The summed E-state index contributed by atoms with van der Waals surface area (Å²) in [6.07, 6.45) is 0. The van der Waals surface area contributed by atoms with E-state index in [-0.39, 0.29) is 5.88 Å². The highest BCUT2D eigenvalue weighted by Gasteiger charge is 2.00. The highest BCUT2D eigenvalue weighted by atomic mass is 32.1. The fraction of sp³-hybridized carbons (Fsp3) is 0.571. The summed E-state index contributed by atoms with van der Waals surface area (Å²) in [5.41, 5.74) is 0. The number of hydrogen-bond acceptors (Lipinski definition) is 4. The highest BCUT2D eigenvalue weighted by molar-refractivity contribution is 7.73. The Labute approximate surface area is 80.2 Å². The number of rotatable bonds is 4. The Kier molecular flexibility index (Phi) is 3.71. The van der Waals surface area contributed by atoms with E-state index in [2.05, 4.69) is 0 Å². The summed E-state index contributed by atoms with van der Waals surface area (Å²) in [5.74, 6) is 0.227. The first kappa shape index (κ1) is 9.70. The molecular weight excluding hydrogens is 194 g/mol. The van der Waals surface area contributed by atoms with Crippen molar-refractivity contribution in [1.82, 2.24) is 4.57 Å². The molecular formula is C7H11NO2S2. The Morgan fingerprint density at radius 3 is 3.00 bits per heavy atom. The van der Waals surface area contributed by atoms with Crippen LogP contribution in [-0.2, 0) is 11.3 Å². The summed E-state index contributed by atoms with van der Waals surface area (Å²) in [4.78, 5) is 0. The van der Waals surface area contributed by atoms with Crippen LogP contribution in [0.1, 0.15) is 6.92 Å². The second-order valence-electron chi connectivity index (χ2n) is 2.21. The van der Waals surface area contributed by atoms with Gasteiger partial charge in [-0.1, -0.05) is 0 Å². The number of hydrogen-bond donors (Lipinski definition) is 1. The first-order chi connectivity index (χ1) is 5.75. The summed E-state index contributed by atoms with van der Waals surface area (Å²) in [7, 11) is 0. The van der Waals surface area contributed by atoms with Crippen molar-refractivity contribution >= 4 is 23.6 Å². The molecule has 1 aromatic heterocycles. The average molecular weight is 205 g/mol. The first-order valence-electron chi connectivity index (χ1n) is 3.70. The van der Waals surface area contributed by atoms with Gasteiger partial charge in [0.25, 0.3) is 0 Å². The van der Waals surface area contributed by atoms with Gasteiger partial charge in [-0.2, -0.15) is 0 Å². The van der Waals surface area contributed by atoms with Crippen LogP contribution in [0, 0.1) is 3.95 Å². The van der Waals surface area contributed by atoms with E-state index in [9.17, 15) is 5.11 Å². The number of nitrogens with zero attached hydrogens (tertiary/aromatic N) is 1. The van der Waals surface area contributed by atoms with Gasteiger partial charge in [0.2, 0.25) is 5.88 Å². The molecule has 0 amide bonds. The molecule has 0 aliphatic heterocycles. The first-order valence-corrected chi connectivity index (χ1v) is 4.99. The van der Waals surface area contributed by atoms with Crippen molar-refractivity contribution in [3.8, 4) is 5.88 Å². The van der Waals surface area contributed by atoms with Crippen molar-refractivity contribution in [2.24, 2.45) is 0 Å². The predicted molar refractivity (Wildman–Crippen MR) is 51.3 cm³/mol. The molecule has 12 heavy (non-hydrogen) atoms. The lowest BCUT2D eigenvalue weighted by molar-refractivity contribution is 0.137. The molecule has 0 saturated heterocycles. The molecule has 0 atom stereocenters. The van der Waals surface area contributed by atoms with Crippen molar-refractivity contribution < 1.29 is 9.84 Å². The third-order valence-corrected chi connectivity index (χ3v) is 2.69. The Balaban J connectivity index is 2.56. The zero-order valence-corrected chi connectivity index (χ0v) is 8.45. The molecule has 0 bridgehead atoms. The lowest BCUT2D eigenvalue weighted by Crippen LogP contribution is -2.04. The van der Waals surface area contributed by atoms with Gasteiger partial charge in [-0.05, 0) is 19.1 Å². The largest absolute Gasteiger partial charge is 0.494 e. The highest BCUT2D eigenvalue weighted by Crippen LogP contribution is 2.16. The Bertz CT molecular complexity index is 292. The van der Waals surface area contributed by atoms with Crippen LogP contribution in [0.15, 0.2) is 5.38 Å². The molecule has 68 valence electrons. The molecule has 0 radical (unpaired) electrons. The van der Waals surface area contributed by atoms with E-state index < -0.39 is 0 Å². The van der Waals surface area contributed by atoms with Crippen LogP contribution in [0.25, 0.3) is 0 Å². The number of aromatic nitrogens is 1. The van der Waals surface area contributed by atoms with Crippen LogP contribution < -0.4 is 0 Å². The zero-order valence-electron chi connectivity index (χ0n) is 6.82. The standard InChI is InChI=1S/C7H11NO2S2/c1-2-10-4-3-8-6(9)5-12-7(8)11/h5,9H,2-4H2,1H3. The second kappa shape index (κ2) is 4.59. The Morgan fingerprint density at radius 2 is 2.50 bits per heavy atom. The van der Waals surface area contributed by atoms with Crippen molar-refractivity contribution in [2.45, 2.75) is 13.5 Å². The third-order valence-electron chi connectivity index (χ3n) is 1.43. The molecule has 5 heteroatoms. The van der Waals surface area contributed by atoms with Crippen LogP contribution in [0.4, 0.5) is 0 Å². The lowest BCUT2D eigenvalue weighted by atomic mass is 10.6. The van der Waals surface area contributed by atoms with Gasteiger partial charge in [0.15, 0.2) is 3.95 Å². The minimum absolute atomic E-state index is 0.227. The Morgan fingerprint density at radius 1 is 1.75 bits per heavy atom. The normalized spacial score (nSPS) is 10.4. The molecule has 0 fully saturated rings. The van der Waals surface area contributed by atoms with Crippen molar-refractivity contribution in [2.75, 3.05) is 13.2 Å². The zero-order chi connectivity index (χ0) is 8.97. The van der Waals surface area contributed by atoms with E-state index in [1.807, 2.05) is 6.92 Å². The lowest BCUT2D eigenvalue weighted by Gasteiger charge is -2.03. The van der Waals surface area contributed by atoms with E-state index in [0.29, 0.717) is 23.7 Å². The van der Waals surface area contributed by atoms with Gasteiger partial charge in [-0.15, -0.1) is 11.3 Å². The van der Waals surface area contributed by atoms with Crippen LogP contribution in [0.5, 0.6) is 5.88 Å². The van der Waals surface area contributed by atoms with Crippen molar-refractivity contribution in [1.29, 1.82) is 0 Å². The van der Waals surface area contributed by atoms with E-state index in [1.165, 1.54) is 11.3 Å². The molecule has 1 heterocycles. The molecule has 0 aromatic carbocycles. The van der Waals surface area contributed by atoms with Gasteiger partial charge in [0.1, 0.15) is 0 Å². The quantitative estimate of drug-likeness (QED) is 0.603. The van der Waals surface area contributed by atoms with Crippen molar-refractivity contribution in [3.05, 3.63) is 9.33 Å². The minimum Gasteiger partial charge on any atom is -0.494 e. The summed E-state index contributed by atoms with van der Waals surface area (Å²) in [6, 6.07) is 0. The monoisotopic (exact) mass is 205 g/mol. The smallest absolute Gasteiger partial charge is 0.203 e.